The summed E-state index contributed by atoms with van der Waals surface area (Å²) >= 11 is 0. The Morgan fingerprint density at radius 2 is 1.72 bits per heavy atom. The molecule has 0 aliphatic rings. The highest BCUT2D eigenvalue weighted by atomic mass is 16.6. The first kappa shape index (κ1) is 31.6. The van der Waals surface area contributed by atoms with Gasteiger partial charge < -0.3 is 20.3 Å². The number of ether oxygens (including phenoxy) is 1. The van der Waals surface area contributed by atoms with Crippen molar-refractivity contribution in [1.29, 1.82) is 0 Å². The Hall–Kier alpha value is -3.61. The minimum atomic E-state index is -0.962. The molecule has 3 amide bonds. The molecule has 0 aliphatic carbocycles. The number of carbonyl (C=O) groups is 3. The average molecular weight is 536 g/mol. The Balaban J connectivity index is 2.57. The van der Waals surface area contributed by atoms with Crippen molar-refractivity contribution >= 4 is 17.9 Å². The first-order valence-corrected chi connectivity index (χ1v) is 13.7. The van der Waals surface area contributed by atoms with Crippen LogP contribution in [0.25, 0.3) is 0 Å². The standard InChI is InChI=1S/C32H45N3O4/c1-9-14-24(5)33-29(36)28(26-20-22(3)17-18-23(26)4)35(19-10-2)30(37)27(21-25-15-12-11-13-16-25)34-31(38)39-32(6,7)8/h10-13,15-18,20,24,27-28H,2,9,14,19,21H2,1,3-8H3,(H,33,36)(H,34,38). The molecule has 7 nitrogen and oxygen atoms in total. The quantitative estimate of drug-likeness (QED) is 0.336. The van der Waals surface area contributed by atoms with Gasteiger partial charge in [0.05, 0.1) is 0 Å². The monoisotopic (exact) mass is 535 g/mol. The van der Waals surface area contributed by atoms with Crippen LogP contribution < -0.4 is 10.6 Å². The van der Waals surface area contributed by atoms with E-state index in [4.69, 9.17) is 4.74 Å². The van der Waals surface area contributed by atoms with Gasteiger partial charge in [0.2, 0.25) is 11.8 Å². The third kappa shape index (κ3) is 9.89. The third-order valence-electron chi connectivity index (χ3n) is 6.28. The summed E-state index contributed by atoms with van der Waals surface area (Å²) in [4.78, 5) is 42.5. The molecule has 0 heterocycles. The normalized spacial score (nSPS) is 13.5. The summed E-state index contributed by atoms with van der Waals surface area (Å²) in [5.74, 6) is -0.663. The van der Waals surface area contributed by atoms with E-state index in [9.17, 15) is 14.4 Å². The van der Waals surface area contributed by atoms with E-state index >= 15 is 0 Å². The van der Waals surface area contributed by atoms with Crippen molar-refractivity contribution in [2.24, 2.45) is 0 Å². The molecule has 0 spiro atoms. The van der Waals surface area contributed by atoms with E-state index in [0.29, 0.717) is 0 Å². The molecule has 0 fully saturated rings. The Morgan fingerprint density at radius 3 is 2.31 bits per heavy atom. The summed E-state index contributed by atoms with van der Waals surface area (Å²) in [6.45, 7) is 17.2. The largest absolute Gasteiger partial charge is 0.444 e. The SMILES string of the molecule is C=CCN(C(=O)C(Cc1ccccc1)NC(=O)OC(C)(C)C)C(C(=O)NC(C)CCC)c1cc(C)ccc1C. The smallest absolute Gasteiger partial charge is 0.408 e. The molecule has 3 unspecified atom stereocenters. The second-order valence-electron chi connectivity index (χ2n) is 11.1. The van der Waals surface area contributed by atoms with E-state index in [1.54, 1.807) is 26.8 Å². The molecule has 39 heavy (non-hydrogen) atoms. The van der Waals surface area contributed by atoms with Gasteiger partial charge in [-0.05, 0) is 64.7 Å². The molecule has 7 heteroatoms. The summed E-state index contributed by atoms with van der Waals surface area (Å²) in [6.07, 6.45) is 2.88. The van der Waals surface area contributed by atoms with Gasteiger partial charge in [-0.15, -0.1) is 6.58 Å². The van der Waals surface area contributed by atoms with Crippen molar-refractivity contribution in [2.45, 2.75) is 91.5 Å². The van der Waals surface area contributed by atoms with Crippen LogP contribution in [0, 0.1) is 13.8 Å². The lowest BCUT2D eigenvalue weighted by Gasteiger charge is -2.35. The number of nitrogens with one attached hydrogen (secondary N) is 2. The van der Waals surface area contributed by atoms with Crippen LogP contribution in [-0.4, -0.2) is 47.0 Å². The van der Waals surface area contributed by atoms with Gasteiger partial charge in [0, 0.05) is 19.0 Å². The lowest BCUT2D eigenvalue weighted by atomic mass is 9.95. The molecule has 2 aromatic carbocycles. The van der Waals surface area contributed by atoms with Gasteiger partial charge >= 0.3 is 6.09 Å². The number of hydrogen-bond donors (Lipinski definition) is 2. The highest BCUT2D eigenvalue weighted by Gasteiger charge is 2.37. The van der Waals surface area contributed by atoms with Crippen molar-refractivity contribution < 1.29 is 19.1 Å². The van der Waals surface area contributed by atoms with Crippen LogP contribution in [0.2, 0.25) is 0 Å². The minimum absolute atomic E-state index is 0.0594. The van der Waals surface area contributed by atoms with Gasteiger partial charge in [-0.2, -0.15) is 0 Å². The third-order valence-corrected chi connectivity index (χ3v) is 6.28. The molecular weight excluding hydrogens is 490 g/mol. The van der Waals surface area contributed by atoms with E-state index in [0.717, 1.165) is 35.1 Å². The van der Waals surface area contributed by atoms with Crippen LogP contribution in [0.15, 0.2) is 61.2 Å². The molecule has 3 atom stereocenters. The summed E-state index contributed by atoms with van der Waals surface area (Å²) in [5, 5.41) is 5.88. The van der Waals surface area contributed by atoms with Gasteiger partial charge in [-0.3, -0.25) is 9.59 Å². The number of alkyl carbamates (subject to hydrolysis) is 1. The minimum Gasteiger partial charge on any atom is -0.444 e. The molecule has 0 aromatic heterocycles. The maximum atomic E-state index is 14.3. The topological polar surface area (TPSA) is 87.7 Å². The average Bonchev–Trinajstić information content (AvgIpc) is 2.84. The second-order valence-corrected chi connectivity index (χ2v) is 11.1. The molecule has 0 saturated carbocycles. The summed E-state index contributed by atoms with van der Waals surface area (Å²) in [5.41, 5.74) is 2.75. The maximum absolute atomic E-state index is 14.3. The predicted molar refractivity (Wildman–Crippen MR) is 156 cm³/mol. The zero-order valence-corrected chi connectivity index (χ0v) is 24.5. The number of rotatable bonds is 12. The van der Waals surface area contributed by atoms with Crippen LogP contribution >= 0.6 is 0 Å². The van der Waals surface area contributed by atoms with Crippen LogP contribution in [0.3, 0.4) is 0 Å². The number of nitrogens with zero attached hydrogens (tertiary/aromatic N) is 1. The lowest BCUT2D eigenvalue weighted by molar-refractivity contribution is -0.142. The molecule has 0 radical (unpaired) electrons. The number of aryl methyl sites for hydroxylation is 2. The summed E-state index contributed by atoms with van der Waals surface area (Å²) in [6, 6.07) is 13.4. The first-order valence-electron chi connectivity index (χ1n) is 13.7. The van der Waals surface area contributed by atoms with Crippen molar-refractivity contribution in [2.75, 3.05) is 6.54 Å². The van der Waals surface area contributed by atoms with Crippen molar-refractivity contribution in [3.63, 3.8) is 0 Å². The van der Waals surface area contributed by atoms with Crippen molar-refractivity contribution in [1.82, 2.24) is 15.5 Å². The van der Waals surface area contributed by atoms with E-state index in [1.165, 1.54) is 4.90 Å². The Morgan fingerprint density at radius 1 is 1.05 bits per heavy atom. The van der Waals surface area contributed by atoms with Crippen LogP contribution in [0.1, 0.15) is 75.8 Å². The van der Waals surface area contributed by atoms with Gasteiger partial charge in [0.1, 0.15) is 17.7 Å². The van der Waals surface area contributed by atoms with Gasteiger partial charge in [-0.1, -0.05) is 73.5 Å². The molecule has 2 aromatic rings. The Labute approximate surface area is 234 Å². The molecule has 0 saturated heterocycles. The number of amides is 3. The zero-order chi connectivity index (χ0) is 29.2. The van der Waals surface area contributed by atoms with Crippen LogP contribution in [-0.2, 0) is 20.7 Å². The van der Waals surface area contributed by atoms with Gasteiger partial charge in [0.15, 0.2) is 0 Å². The number of carbonyl (C=O) groups excluding carboxylic acids is 3. The van der Waals surface area contributed by atoms with Crippen molar-refractivity contribution in [3.05, 3.63) is 83.4 Å². The number of hydrogen-bond acceptors (Lipinski definition) is 4. The zero-order valence-electron chi connectivity index (χ0n) is 24.5. The Kier molecular flexibility index (Phi) is 11.8. The fourth-order valence-corrected chi connectivity index (χ4v) is 4.49. The maximum Gasteiger partial charge on any atom is 0.408 e. The fraction of sp³-hybridized carbons (Fsp3) is 0.469. The van der Waals surface area contributed by atoms with Crippen molar-refractivity contribution in [3.8, 4) is 0 Å². The first-order chi connectivity index (χ1) is 18.4. The molecule has 0 aliphatic heterocycles. The fourth-order valence-electron chi connectivity index (χ4n) is 4.49. The van der Waals surface area contributed by atoms with Gasteiger partial charge in [0.25, 0.3) is 0 Å². The molecule has 0 bridgehead atoms. The van der Waals surface area contributed by atoms with E-state index in [1.807, 2.05) is 69.3 Å². The predicted octanol–water partition coefficient (Wildman–Crippen LogP) is 5.80. The molecule has 212 valence electrons. The highest BCUT2D eigenvalue weighted by Crippen LogP contribution is 2.27. The molecule has 2 N–H and O–H groups in total. The van der Waals surface area contributed by atoms with E-state index < -0.39 is 29.7 Å². The van der Waals surface area contributed by atoms with Crippen LogP contribution in [0.4, 0.5) is 4.79 Å². The summed E-state index contributed by atoms with van der Waals surface area (Å²) in [7, 11) is 0. The second kappa shape index (κ2) is 14.5. The highest BCUT2D eigenvalue weighted by molar-refractivity contribution is 5.92. The lowest BCUT2D eigenvalue weighted by Crippen LogP contribution is -2.54. The molecular formula is C32H45N3O4. The summed E-state index contributed by atoms with van der Waals surface area (Å²) < 4.78 is 5.48. The van der Waals surface area contributed by atoms with E-state index in [-0.39, 0.29) is 24.9 Å². The number of benzene rings is 2. The van der Waals surface area contributed by atoms with Gasteiger partial charge in [-0.25, -0.2) is 4.79 Å². The molecule has 2 rings (SSSR count). The van der Waals surface area contributed by atoms with E-state index in [2.05, 4.69) is 24.1 Å². The Bertz CT molecular complexity index is 1120. The van der Waals surface area contributed by atoms with Crippen LogP contribution in [0.5, 0.6) is 0 Å².